The van der Waals surface area contributed by atoms with Gasteiger partial charge in [0.2, 0.25) is 0 Å². The lowest BCUT2D eigenvalue weighted by atomic mass is 10.2. The van der Waals surface area contributed by atoms with Gasteiger partial charge in [-0.15, -0.1) is 0 Å². The molecule has 18 heavy (non-hydrogen) atoms. The fourth-order valence-corrected chi connectivity index (χ4v) is 2.41. The fourth-order valence-electron chi connectivity index (χ4n) is 2.41. The monoisotopic (exact) mass is 242 g/mol. The number of aryl methyl sites for hydroxylation is 2. The molecule has 2 rings (SSSR count). The SMILES string of the molecule is CCn1c(C)cc(CNc2ccc(C)cc2)c1C. The second-order valence-corrected chi connectivity index (χ2v) is 4.86. The van der Waals surface area contributed by atoms with Crippen LogP contribution < -0.4 is 5.32 Å². The molecule has 0 amide bonds. The highest BCUT2D eigenvalue weighted by atomic mass is 15.0. The Bertz CT molecular complexity index is 521. The van der Waals surface area contributed by atoms with Crippen molar-refractivity contribution in [3.8, 4) is 0 Å². The first-order chi connectivity index (χ1) is 8.61. The van der Waals surface area contributed by atoms with Crippen molar-refractivity contribution >= 4 is 5.69 Å². The molecule has 1 aromatic carbocycles. The topological polar surface area (TPSA) is 17.0 Å². The normalized spacial score (nSPS) is 10.7. The molecule has 96 valence electrons. The molecular formula is C16H22N2. The highest BCUT2D eigenvalue weighted by molar-refractivity contribution is 5.45. The van der Waals surface area contributed by atoms with Crippen LogP contribution in [0.4, 0.5) is 5.69 Å². The van der Waals surface area contributed by atoms with Gasteiger partial charge in [-0.05, 0) is 51.5 Å². The number of benzene rings is 1. The lowest BCUT2D eigenvalue weighted by Gasteiger charge is -2.08. The van der Waals surface area contributed by atoms with E-state index in [2.05, 4.69) is 67.9 Å². The second-order valence-electron chi connectivity index (χ2n) is 4.86. The summed E-state index contributed by atoms with van der Waals surface area (Å²) in [6.07, 6.45) is 0. The molecule has 0 bridgehead atoms. The average Bonchev–Trinajstić information content (AvgIpc) is 2.63. The molecule has 0 atom stereocenters. The lowest BCUT2D eigenvalue weighted by molar-refractivity contribution is 0.715. The average molecular weight is 242 g/mol. The van der Waals surface area contributed by atoms with E-state index in [1.165, 1.54) is 28.2 Å². The maximum Gasteiger partial charge on any atom is 0.0418 e. The van der Waals surface area contributed by atoms with Crippen molar-refractivity contribution in [3.05, 3.63) is 52.8 Å². The summed E-state index contributed by atoms with van der Waals surface area (Å²) in [6.45, 7) is 10.6. The molecular weight excluding hydrogens is 220 g/mol. The minimum Gasteiger partial charge on any atom is -0.381 e. The van der Waals surface area contributed by atoms with E-state index in [9.17, 15) is 0 Å². The van der Waals surface area contributed by atoms with Crippen LogP contribution in [0.15, 0.2) is 30.3 Å². The van der Waals surface area contributed by atoms with E-state index in [1.807, 2.05) is 0 Å². The number of nitrogens with one attached hydrogen (secondary N) is 1. The number of rotatable bonds is 4. The van der Waals surface area contributed by atoms with E-state index in [4.69, 9.17) is 0 Å². The minimum atomic E-state index is 0.892. The van der Waals surface area contributed by atoms with E-state index < -0.39 is 0 Å². The Hall–Kier alpha value is -1.70. The van der Waals surface area contributed by atoms with E-state index in [0.717, 1.165) is 13.1 Å². The molecule has 0 radical (unpaired) electrons. The van der Waals surface area contributed by atoms with E-state index in [0.29, 0.717) is 0 Å². The minimum absolute atomic E-state index is 0.892. The van der Waals surface area contributed by atoms with Gasteiger partial charge in [-0.3, -0.25) is 0 Å². The maximum atomic E-state index is 3.48. The maximum absolute atomic E-state index is 3.48. The number of aromatic nitrogens is 1. The third kappa shape index (κ3) is 2.58. The fraction of sp³-hybridized carbons (Fsp3) is 0.375. The largest absolute Gasteiger partial charge is 0.381 e. The summed E-state index contributed by atoms with van der Waals surface area (Å²) in [4.78, 5) is 0. The smallest absolute Gasteiger partial charge is 0.0418 e. The molecule has 2 nitrogen and oxygen atoms in total. The third-order valence-corrected chi connectivity index (χ3v) is 3.53. The molecule has 0 saturated heterocycles. The predicted molar refractivity (Wildman–Crippen MR) is 78.1 cm³/mol. The molecule has 2 heteroatoms. The summed E-state index contributed by atoms with van der Waals surface area (Å²) >= 11 is 0. The lowest BCUT2D eigenvalue weighted by Crippen LogP contribution is -2.03. The molecule has 0 aliphatic carbocycles. The molecule has 1 heterocycles. The van der Waals surface area contributed by atoms with Crippen molar-refractivity contribution in [2.24, 2.45) is 0 Å². The molecule has 1 N–H and O–H groups in total. The highest BCUT2D eigenvalue weighted by Gasteiger charge is 2.06. The van der Waals surface area contributed by atoms with Crippen LogP contribution in [0.2, 0.25) is 0 Å². The van der Waals surface area contributed by atoms with Crippen LogP contribution in [-0.4, -0.2) is 4.57 Å². The van der Waals surface area contributed by atoms with Gasteiger partial charge in [0.15, 0.2) is 0 Å². The van der Waals surface area contributed by atoms with E-state index >= 15 is 0 Å². The highest BCUT2D eigenvalue weighted by Crippen LogP contribution is 2.17. The summed E-state index contributed by atoms with van der Waals surface area (Å²) in [5.41, 5.74) is 6.58. The van der Waals surface area contributed by atoms with Crippen LogP contribution in [0.3, 0.4) is 0 Å². The Labute approximate surface area is 110 Å². The van der Waals surface area contributed by atoms with Gasteiger partial charge in [0, 0.05) is 30.2 Å². The van der Waals surface area contributed by atoms with Gasteiger partial charge in [-0.2, -0.15) is 0 Å². The zero-order valence-corrected chi connectivity index (χ0v) is 11.7. The van der Waals surface area contributed by atoms with Gasteiger partial charge in [0.05, 0.1) is 0 Å². The Morgan fingerprint density at radius 1 is 1.06 bits per heavy atom. The number of nitrogens with zero attached hydrogens (tertiary/aromatic N) is 1. The Morgan fingerprint density at radius 2 is 1.72 bits per heavy atom. The van der Waals surface area contributed by atoms with Gasteiger partial charge in [-0.1, -0.05) is 17.7 Å². The van der Waals surface area contributed by atoms with Crippen LogP contribution in [0.5, 0.6) is 0 Å². The van der Waals surface area contributed by atoms with Crippen molar-refractivity contribution in [2.75, 3.05) is 5.32 Å². The Balaban J connectivity index is 2.08. The summed E-state index contributed by atoms with van der Waals surface area (Å²) in [7, 11) is 0. The molecule has 0 spiro atoms. The van der Waals surface area contributed by atoms with Crippen LogP contribution in [-0.2, 0) is 13.1 Å². The zero-order chi connectivity index (χ0) is 13.1. The van der Waals surface area contributed by atoms with Crippen LogP contribution >= 0.6 is 0 Å². The van der Waals surface area contributed by atoms with Crippen molar-refractivity contribution in [1.29, 1.82) is 0 Å². The molecule has 2 aromatic rings. The first-order valence-electron chi connectivity index (χ1n) is 6.58. The van der Waals surface area contributed by atoms with Gasteiger partial charge >= 0.3 is 0 Å². The van der Waals surface area contributed by atoms with E-state index in [-0.39, 0.29) is 0 Å². The molecule has 0 saturated carbocycles. The standard InChI is InChI=1S/C16H22N2/c1-5-18-13(3)10-15(14(18)4)11-17-16-8-6-12(2)7-9-16/h6-10,17H,5,11H2,1-4H3. The number of hydrogen-bond donors (Lipinski definition) is 1. The molecule has 0 aliphatic rings. The summed E-state index contributed by atoms with van der Waals surface area (Å²) in [5, 5.41) is 3.48. The van der Waals surface area contributed by atoms with Crippen molar-refractivity contribution in [2.45, 2.75) is 40.8 Å². The van der Waals surface area contributed by atoms with Crippen molar-refractivity contribution < 1.29 is 0 Å². The van der Waals surface area contributed by atoms with E-state index in [1.54, 1.807) is 0 Å². The number of anilines is 1. The molecule has 1 aromatic heterocycles. The van der Waals surface area contributed by atoms with Crippen LogP contribution in [0, 0.1) is 20.8 Å². The molecule has 0 fully saturated rings. The Morgan fingerprint density at radius 3 is 2.28 bits per heavy atom. The van der Waals surface area contributed by atoms with Crippen LogP contribution in [0.1, 0.15) is 29.4 Å². The zero-order valence-electron chi connectivity index (χ0n) is 11.7. The van der Waals surface area contributed by atoms with Crippen molar-refractivity contribution in [1.82, 2.24) is 4.57 Å². The van der Waals surface area contributed by atoms with Crippen LogP contribution in [0.25, 0.3) is 0 Å². The summed E-state index contributed by atoms with van der Waals surface area (Å²) < 4.78 is 2.35. The first kappa shape index (κ1) is 12.7. The summed E-state index contributed by atoms with van der Waals surface area (Å²) in [6, 6.07) is 10.8. The summed E-state index contributed by atoms with van der Waals surface area (Å²) in [5.74, 6) is 0. The van der Waals surface area contributed by atoms with Gasteiger partial charge in [-0.25, -0.2) is 0 Å². The van der Waals surface area contributed by atoms with Gasteiger partial charge in [0.1, 0.15) is 0 Å². The molecule has 0 unspecified atom stereocenters. The Kier molecular flexibility index (Phi) is 3.75. The first-order valence-corrected chi connectivity index (χ1v) is 6.58. The molecule has 0 aliphatic heterocycles. The number of hydrogen-bond acceptors (Lipinski definition) is 1. The predicted octanol–water partition coefficient (Wildman–Crippen LogP) is 4.05. The van der Waals surface area contributed by atoms with Gasteiger partial charge in [0.25, 0.3) is 0 Å². The third-order valence-electron chi connectivity index (χ3n) is 3.53. The van der Waals surface area contributed by atoms with Crippen molar-refractivity contribution in [3.63, 3.8) is 0 Å². The van der Waals surface area contributed by atoms with Gasteiger partial charge < -0.3 is 9.88 Å². The quantitative estimate of drug-likeness (QED) is 0.856. The second kappa shape index (κ2) is 5.30.